The molecule has 0 atom stereocenters. The van der Waals surface area contributed by atoms with Gasteiger partial charge in [0.1, 0.15) is 0 Å². The van der Waals surface area contributed by atoms with Crippen molar-refractivity contribution in [3.05, 3.63) is 34.9 Å². The molecule has 1 aromatic carbocycles. The van der Waals surface area contributed by atoms with Crippen LogP contribution in [0.15, 0.2) is 29.3 Å². The predicted molar refractivity (Wildman–Crippen MR) is 65.3 cm³/mol. The predicted octanol–water partition coefficient (Wildman–Crippen LogP) is 2.26. The maximum Gasteiger partial charge on any atom is 0.182 e. The summed E-state index contributed by atoms with van der Waals surface area (Å²) in [6, 6.07) is 6.99. The van der Waals surface area contributed by atoms with Crippen LogP contribution in [-0.2, 0) is 0 Å². The van der Waals surface area contributed by atoms with E-state index in [-0.39, 0.29) is 5.78 Å². The van der Waals surface area contributed by atoms with Crippen molar-refractivity contribution >= 4 is 23.2 Å². The fourth-order valence-corrected chi connectivity index (χ4v) is 1.81. The van der Waals surface area contributed by atoms with Gasteiger partial charge in [-0.3, -0.25) is 9.79 Å². The normalized spacial score (nSPS) is 15.1. The molecule has 0 radical (unpaired) electrons. The Morgan fingerprint density at radius 2 is 2.12 bits per heavy atom. The number of carbonyl (C=O) groups excluding carboxylic acids is 1. The number of halogens is 1. The van der Waals surface area contributed by atoms with Crippen LogP contribution in [0.25, 0.3) is 0 Å². The Bertz CT molecular complexity index is 425. The molecule has 4 heteroatoms. The van der Waals surface area contributed by atoms with Gasteiger partial charge >= 0.3 is 0 Å². The maximum atomic E-state index is 11.9. The van der Waals surface area contributed by atoms with Gasteiger partial charge in [0.15, 0.2) is 5.78 Å². The molecule has 2 rings (SSSR count). The highest BCUT2D eigenvalue weighted by molar-refractivity contribution is 6.30. The van der Waals surface area contributed by atoms with E-state index in [2.05, 4.69) is 4.99 Å². The molecule has 1 aromatic rings. The molecule has 0 amide bonds. The van der Waals surface area contributed by atoms with Crippen molar-refractivity contribution in [1.29, 1.82) is 0 Å². The van der Waals surface area contributed by atoms with E-state index in [4.69, 9.17) is 11.6 Å². The van der Waals surface area contributed by atoms with Crippen LogP contribution in [0.5, 0.6) is 0 Å². The minimum atomic E-state index is 0.105. The van der Waals surface area contributed by atoms with Gasteiger partial charge in [-0.2, -0.15) is 0 Å². The van der Waals surface area contributed by atoms with Crippen LogP contribution in [0.2, 0.25) is 5.02 Å². The standard InChI is InChI=1S/C12H13ClN2O/c1-9-14-6-7-15(9)8-12(16)10-2-4-11(13)5-3-10/h2-5H,6-8H2,1H3. The van der Waals surface area contributed by atoms with E-state index in [9.17, 15) is 4.79 Å². The summed E-state index contributed by atoms with van der Waals surface area (Å²) in [5.74, 6) is 1.05. The first-order valence-corrected chi connectivity index (χ1v) is 5.59. The van der Waals surface area contributed by atoms with E-state index < -0.39 is 0 Å². The highest BCUT2D eigenvalue weighted by Gasteiger charge is 2.16. The molecule has 1 aliphatic rings. The second kappa shape index (κ2) is 4.66. The van der Waals surface area contributed by atoms with E-state index in [0.717, 1.165) is 18.9 Å². The third kappa shape index (κ3) is 2.42. The fourth-order valence-electron chi connectivity index (χ4n) is 1.69. The molecule has 0 aliphatic carbocycles. The number of hydrogen-bond donors (Lipinski definition) is 0. The van der Waals surface area contributed by atoms with Crippen molar-refractivity contribution in [3.8, 4) is 0 Å². The van der Waals surface area contributed by atoms with Crippen molar-refractivity contribution in [2.75, 3.05) is 19.6 Å². The zero-order valence-electron chi connectivity index (χ0n) is 9.11. The summed E-state index contributed by atoms with van der Waals surface area (Å²) < 4.78 is 0. The Morgan fingerprint density at radius 3 is 2.69 bits per heavy atom. The molecule has 84 valence electrons. The topological polar surface area (TPSA) is 32.7 Å². The molecule has 1 heterocycles. The number of Topliss-reactive ketones (excluding diaryl/α,β-unsaturated/α-hetero) is 1. The summed E-state index contributed by atoms with van der Waals surface area (Å²) >= 11 is 5.77. The van der Waals surface area contributed by atoms with Gasteiger partial charge < -0.3 is 4.90 Å². The lowest BCUT2D eigenvalue weighted by Gasteiger charge is -2.16. The molecule has 3 nitrogen and oxygen atoms in total. The van der Waals surface area contributed by atoms with Gasteiger partial charge in [0.25, 0.3) is 0 Å². The van der Waals surface area contributed by atoms with Crippen molar-refractivity contribution in [1.82, 2.24) is 4.90 Å². The van der Waals surface area contributed by atoms with E-state index in [0.29, 0.717) is 17.1 Å². The molecular formula is C12H13ClN2O. The molecule has 0 unspecified atom stereocenters. The molecule has 0 saturated heterocycles. The second-order valence-electron chi connectivity index (χ2n) is 3.78. The summed E-state index contributed by atoms with van der Waals surface area (Å²) in [4.78, 5) is 18.2. The Kier molecular flexibility index (Phi) is 3.25. The maximum absolute atomic E-state index is 11.9. The first kappa shape index (κ1) is 11.1. The minimum Gasteiger partial charge on any atom is -0.351 e. The van der Waals surface area contributed by atoms with Gasteiger partial charge in [-0.15, -0.1) is 0 Å². The summed E-state index contributed by atoms with van der Waals surface area (Å²) in [6.45, 7) is 3.96. The Hall–Kier alpha value is -1.35. The SMILES string of the molecule is CC1=NCCN1CC(=O)c1ccc(Cl)cc1. The Labute approximate surface area is 99.7 Å². The summed E-state index contributed by atoms with van der Waals surface area (Å²) in [5, 5.41) is 0.649. The van der Waals surface area contributed by atoms with Crippen LogP contribution in [0.4, 0.5) is 0 Å². The number of amidine groups is 1. The van der Waals surface area contributed by atoms with Crippen LogP contribution in [0.1, 0.15) is 17.3 Å². The second-order valence-corrected chi connectivity index (χ2v) is 4.22. The highest BCUT2D eigenvalue weighted by Crippen LogP contribution is 2.11. The summed E-state index contributed by atoms with van der Waals surface area (Å²) in [7, 11) is 0. The van der Waals surface area contributed by atoms with E-state index in [1.807, 2.05) is 11.8 Å². The molecule has 16 heavy (non-hydrogen) atoms. The third-order valence-corrected chi connectivity index (χ3v) is 2.92. The van der Waals surface area contributed by atoms with Gasteiger partial charge in [-0.25, -0.2) is 0 Å². The van der Waals surface area contributed by atoms with Crippen LogP contribution in [0, 0.1) is 0 Å². The first-order chi connectivity index (χ1) is 7.66. The number of nitrogens with zero attached hydrogens (tertiary/aromatic N) is 2. The lowest BCUT2D eigenvalue weighted by Crippen LogP contribution is -2.31. The Balaban J connectivity index is 2.03. The van der Waals surface area contributed by atoms with Gasteiger partial charge in [0.05, 0.1) is 18.9 Å². The van der Waals surface area contributed by atoms with E-state index in [1.165, 1.54) is 0 Å². The average Bonchev–Trinajstić information content (AvgIpc) is 2.65. The molecule has 0 spiro atoms. The molecule has 0 aromatic heterocycles. The van der Waals surface area contributed by atoms with E-state index >= 15 is 0 Å². The van der Waals surface area contributed by atoms with Gasteiger partial charge in [-0.05, 0) is 31.2 Å². The largest absolute Gasteiger partial charge is 0.351 e. The quantitative estimate of drug-likeness (QED) is 0.755. The third-order valence-electron chi connectivity index (χ3n) is 2.67. The molecule has 0 saturated carbocycles. The van der Waals surface area contributed by atoms with Crippen molar-refractivity contribution in [3.63, 3.8) is 0 Å². The van der Waals surface area contributed by atoms with Crippen molar-refractivity contribution < 1.29 is 4.79 Å². The fraction of sp³-hybridized carbons (Fsp3) is 0.333. The van der Waals surface area contributed by atoms with Gasteiger partial charge in [0, 0.05) is 17.1 Å². The zero-order valence-corrected chi connectivity index (χ0v) is 9.87. The van der Waals surface area contributed by atoms with Gasteiger partial charge in [0.2, 0.25) is 0 Å². The van der Waals surface area contributed by atoms with Crippen LogP contribution >= 0.6 is 11.6 Å². The molecule has 0 fully saturated rings. The van der Waals surface area contributed by atoms with Crippen molar-refractivity contribution in [2.24, 2.45) is 4.99 Å². The number of rotatable bonds is 3. The summed E-state index contributed by atoms with van der Waals surface area (Å²) in [5.41, 5.74) is 0.698. The first-order valence-electron chi connectivity index (χ1n) is 5.21. The lowest BCUT2D eigenvalue weighted by atomic mass is 10.1. The molecule has 0 N–H and O–H groups in total. The number of aliphatic imine (C=N–C) groups is 1. The average molecular weight is 237 g/mol. The van der Waals surface area contributed by atoms with Gasteiger partial charge in [-0.1, -0.05) is 11.6 Å². The number of ketones is 1. The van der Waals surface area contributed by atoms with Crippen LogP contribution in [0.3, 0.4) is 0 Å². The minimum absolute atomic E-state index is 0.105. The van der Waals surface area contributed by atoms with Crippen LogP contribution in [-0.4, -0.2) is 36.2 Å². The molecular weight excluding hydrogens is 224 g/mol. The smallest absolute Gasteiger partial charge is 0.182 e. The number of benzene rings is 1. The molecule has 0 bridgehead atoms. The number of carbonyl (C=O) groups is 1. The van der Waals surface area contributed by atoms with Crippen LogP contribution < -0.4 is 0 Å². The number of hydrogen-bond acceptors (Lipinski definition) is 3. The molecule has 1 aliphatic heterocycles. The zero-order chi connectivity index (χ0) is 11.5. The Morgan fingerprint density at radius 1 is 1.44 bits per heavy atom. The highest BCUT2D eigenvalue weighted by atomic mass is 35.5. The summed E-state index contributed by atoms with van der Waals surface area (Å²) in [6.07, 6.45) is 0. The lowest BCUT2D eigenvalue weighted by molar-refractivity contribution is 0.0966. The monoisotopic (exact) mass is 236 g/mol. The van der Waals surface area contributed by atoms with E-state index in [1.54, 1.807) is 24.3 Å². The van der Waals surface area contributed by atoms with Crippen molar-refractivity contribution in [2.45, 2.75) is 6.92 Å².